The zero-order valence-electron chi connectivity index (χ0n) is 14.6. The number of hydrogen-bond donors (Lipinski definition) is 1. The molecule has 1 N–H and O–H groups in total. The van der Waals surface area contributed by atoms with Crippen molar-refractivity contribution in [2.45, 2.75) is 5.22 Å². The van der Waals surface area contributed by atoms with Gasteiger partial charge in [0.25, 0.3) is 5.22 Å². The molecule has 1 aromatic heterocycles. The van der Waals surface area contributed by atoms with Crippen LogP contribution in [0.25, 0.3) is 11.5 Å². The predicted octanol–water partition coefficient (Wildman–Crippen LogP) is 3.62. The van der Waals surface area contributed by atoms with Crippen molar-refractivity contribution in [3.05, 3.63) is 48.3 Å². The molecule has 9 heteroatoms. The lowest BCUT2D eigenvalue weighted by molar-refractivity contribution is -0.113. The number of aromatic nitrogens is 2. The largest absolute Gasteiger partial charge is 0.497 e. The molecule has 0 spiro atoms. The lowest BCUT2D eigenvalue weighted by Crippen LogP contribution is -2.14. The summed E-state index contributed by atoms with van der Waals surface area (Å²) in [6, 6.07) is 10.9. The first-order valence-electron chi connectivity index (χ1n) is 7.82. The summed E-state index contributed by atoms with van der Waals surface area (Å²) in [4.78, 5) is 12.0. The molecule has 0 saturated heterocycles. The second-order valence-electron chi connectivity index (χ2n) is 5.32. The maximum atomic E-state index is 13.1. The van der Waals surface area contributed by atoms with E-state index in [-0.39, 0.29) is 22.8 Å². The number of halogens is 1. The number of carbonyl (C=O) groups is 1. The number of hydrogen-bond acceptors (Lipinski definition) is 7. The van der Waals surface area contributed by atoms with Gasteiger partial charge in [-0.15, -0.1) is 10.2 Å². The number of amides is 1. The lowest BCUT2D eigenvalue weighted by atomic mass is 10.2. The number of ether oxygens (including phenoxy) is 2. The fraction of sp³-hybridized carbons (Fsp3) is 0.167. The van der Waals surface area contributed by atoms with Crippen molar-refractivity contribution >= 4 is 23.4 Å². The fourth-order valence-electron chi connectivity index (χ4n) is 2.21. The van der Waals surface area contributed by atoms with Gasteiger partial charge in [0.05, 0.1) is 20.0 Å². The van der Waals surface area contributed by atoms with Crippen LogP contribution < -0.4 is 14.8 Å². The Morgan fingerprint density at radius 3 is 2.56 bits per heavy atom. The first kappa shape index (κ1) is 18.7. The van der Waals surface area contributed by atoms with E-state index in [1.165, 1.54) is 18.2 Å². The molecule has 0 unspecified atom stereocenters. The van der Waals surface area contributed by atoms with Crippen LogP contribution in [-0.2, 0) is 4.79 Å². The molecule has 0 aliphatic heterocycles. The number of nitrogens with one attached hydrogen (secondary N) is 1. The van der Waals surface area contributed by atoms with Gasteiger partial charge in [0, 0.05) is 17.3 Å². The van der Waals surface area contributed by atoms with Crippen molar-refractivity contribution in [2.24, 2.45) is 0 Å². The summed E-state index contributed by atoms with van der Waals surface area (Å²) in [5.41, 5.74) is 1.02. The summed E-state index contributed by atoms with van der Waals surface area (Å²) in [6.07, 6.45) is 0. The molecule has 0 aliphatic carbocycles. The molecule has 27 heavy (non-hydrogen) atoms. The van der Waals surface area contributed by atoms with Crippen LogP contribution >= 0.6 is 11.8 Å². The van der Waals surface area contributed by atoms with Crippen LogP contribution in [0.5, 0.6) is 11.5 Å². The molecule has 2 aromatic carbocycles. The molecule has 140 valence electrons. The van der Waals surface area contributed by atoms with Crippen molar-refractivity contribution in [2.75, 3.05) is 25.3 Å². The van der Waals surface area contributed by atoms with Crippen LogP contribution in [0.2, 0.25) is 0 Å². The van der Waals surface area contributed by atoms with Crippen LogP contribution in [0.1, 0.15) is 0 Å². The Morgan fingerprint density at radius 2 is 1.89 bits per heavy atom. The van der Waals surface area contributed by atoms with Crippen LogP contribution in [0.15, 0.2) is 52.1 Å². The highest BCUT2D eigenvalue weighted by Crippen LogP contribution is 2.30. The first-order chi connectivity index (χ1) is 13.1. The monoisotopic (exact) mass is 389 g/mol. The fourth-order valence-corrected chi connectivity index (χ4v) is 2.77. The number of benzene rings is 2. The highest BCUT2D eigenvalue weighted by molar-refractivity contribution is 7.99. The van der Waals surface area contributed by atoms with Gasteiger partial charge in [0.2, 0.25) is 11.8 Å². The van der Waals surface area contributed by atoms with E-state index in [4.69, 9.17) is 13.9 Å². The van der Waals surface area contributed by atoms with Gasteiger partial charge in [0.15, 0.2) is 0 Å². The number of thioether (sulfide) groups is 1. The molecule has 1 amide bonds. The second kappa shape index (κ2) is 8.54. The Bertz CT molecular complexity index is 926. The van der Waals surface area contributed by atoms with Crippen molar-refractivity contribution < 1.29 is 23.1 Å². The highest BCUT2D eigenvalue weighted by atomic mass is 32.2. The number of rotatable bonds is 7. The smallest absolute Gasteiger partial charge is 0.277 e. The van der Waals surface area contributed by atoms with Gasteiger partial charge in [-0.3, -0.25) is 4.79 Å². The average Bonchev–Trinajstić information content (AvgIpc) is 3.15. The highest BCUT2D eigenvalue weighted by Gasteiger charge is 2.13. The predicted molar refractivity (Wildman–Crippen MR) is 98.6 cm³/mol. The third kappa shape index (κ3) is 4.98. The quantitative estimate of drug-likeness (QED) is 0.618. The molecular formula is C18H16FN3O4S. The molecular weight excluding hydrogens is 373 g/mol. The van der Waals surface area contributed by atoms with E-state index in [1.807, 2.05) is 0 Å². The molecule has 0 fully saturated rings. The summed E-state index contributed by atoms with van der Waals surface area (Å²) in [7, 11) is 3.09. The topological polar surface area (TPSA) is 86.5 Å². The Hall–Kier alpha value is -3.07. The number of methoxy groups -OCH3 is 2. The zero-order valence-corrected chi connectivity index (χ0v) is 15.4. The van der Waals surface area contributed by atoms with Gasteiger partial charge in [-0.2, -0.15) is 0 Å². The standard InChI is InChI=1S/C18H16FN3O4S/c1-24-14-6-11(7-15(9-14)25-2)17-21-22-18(26-17)27-10-16(23)20-13-5-3-4-12(19)8-13/h3-9H,10H2,1-2H3,(H,20,23). The number of nitrogens with zero attached hydrogens (tertiary/aromatic N) is 2. The Kier molecular flexibility index (Phi) is 5.92. The van der Waals surface area contributed by atoms with E-state index in [9.17, 15) is 9.18 Å². The van der Waals surface area contributed by atoms with E-state index >= 15 is 0 Å². The van der Waals surface area contributed by atoms with Crippen LogP contribution in [-0.4, -0.2) is 36.1 Å². The van der Waals surface area contributed by atoms with Gasteiger partial charge in [-0.05, 0) is 30.3 Å². The van der Waals surface area contributed by atoms with Crippen LogP contribution in [0.3, 0.4) is 0 Å². The minimum absolute atomic E-state index is 0.0412. The zero-order chi connectivity index (χ0) is 19.2. The molecule has 0 saturated carbocycles. The number of carbonyl (C=O) groups excluding carboxylic acids is 1. The minimum Gasteiger partial charge on any atom is -0.497 e. The maximum Gasteiger partial charge on any atom is 0.277 e. The summed E-state index contributed by atoms with van der Waals surface area (Å²) in [5.74, 6) is 0.765. The Morgan fingerprint density at radius 1 is 1.15 bits per heavy atom. The summed E-state index contributed by atoms with van der Waals surface area (Å²) < 4.78 is 29.1. The average molecular weight is 389 g/mol. The summed E-state index contributed by atoms with van der Waals surface area (Å²) in [5, 5.41) is 10.7. The van der Waals surface area contributed by atoms with E-state index < -0.39 is 5.82 Å². The van der Waals surface area contributed by atoms with Gasteiger partial charge < -0.3 is 19.2 Å². The maximum absolute atomic E-state index is 13.1. The van der Waals surface area contributed by atoms with Crippen molar-refractivity contribution in [1.82, 2.24) is 10.2 Å². The third-order valence-corrected chi connectivity index (χ3v) is 4.26. The van der Waals surface area contributed by atoms with Gasteiger partial charge >= 0.3 is 0 Å². The van der Waals surface area contributed by atoms with Crippen LogP contribution in [0.4, 0.5) is 10.1 Å². The SMILES string of the molecule is COc1cc(OC)cc(-c2nnc(SCC(=O)Nc3cccc(F)c3)o2)c1. The molecule has 3 aromatic rings. The van der Waals surface area contributed by atoms with Crippen molar-refractivity contribution in [3.8, 4) is 23.0 Å². The molecule has 0 atom stereocenters. The molecule has 1 heterocycles. The second-order valence-corrected chi connectivity index (χ2v) is 6.25. The summed E-state index contributed by atoms with van der Waals surface area (Å²) >= 11 is 1.08. The Balaban J connectivity index is 1.63. The van der Waals surface area contributed by atoms with E-state index in [0.29, 0.717) is 22.7 Å². The molecule has 0 radical (unpaired) electrons. The van der Waals surface area contributed by atoms with Crippen molar-refractivity contribution in [3.63, 3.8) is 0 Å². The normalized spacial score (nSPS) is 10.5. The first-order valence-corrected chi connectivity index (χ1v) is 8.81. The van der Waals surface area contributed by atoms with Gasteiger partial charge in [-0.25, -0.2) is 4.39 Å². The molecule has 3 rings (SSSR count). The lowest BCUT2D eigenvalue weighted by Gasteiger charge is -2.05. The number of anilines is 1. The summed E-state index contributed by atoms with van der Waals surface area (Å²) in [6.45, 7) is 0. The Labute approximate surface area is 158 Å². The van der Waals surface area contributed by atoms with Crippen LogP contribution in [0, 0.1) is 5.82 Å². The van der Waals surface area contributed by atoms with Crippen molar-refractivity contribution in [1.29, 1.82) is 0 Å². The van der Waals surface area contributed by atoms with Gasteiger partial charge in [0.1, 0.15) is 17.3 Å². The van der Waals surface area contributed by atoms with E-state index in [1.54, 1.807) is 38.5 Å². The molecule has 0 aliphatic rings. The van der Waals surface area contributed by atoms with E-state index in [2.05, 4.69) is 15.5 Å². The minimum atomic E-state index is -0.421. The van der Waals surface area contributed by atoms with E-state index in [0.717, 1.165) is 11.8 Å². The molecule has 0 bridgehead atoms. The third-order valence-electron chi connectivity index (χ3n) is 3.44. The molecule has 7 nitrogen and oxygen atoms in total. The van der Waals surface area contributed by atoms with Gasteiger partial charge in [-0.1, -0.05) is 17.8 Å².